The molecule has 0 aliphatic carbocycles. The molecule has 140 valence electrons. The number of ether oxygens (including phenoxy) is 3. The number of methoxy groups -OCH3 is 2. The van der Waals surface area contributed by atoms with Crippen molar-refractivity contribution in [3.63, 3.8) is 0 Å². The molecule has 0 fully saturated rings. The number of nitrogens with zero attached hydrogens (tertiary/aromatic N) is 2. The monoisotopic (exact) mass is 370 g/mol. The number of Topliss-reactive ketones (excluding diaryl/α,β-unsaturated/α-hetero) is 1. The molecule has 0 radical (unpaired) electrons. The standard InChI is InChI=1S/C19H18N2O6/c1-24-13-4-6-15(18(10-13)25-2)16(22)12-26-19(23)17-7-5-14(27-17)11-21-9-3-8-20-21/h3-10H,11-12H2,1-2H3. The van der Waals surface area contributed by atoms with Crippen LogP contribution in [-0.4, -0.2) is 42.4 Å². The summed E-state index contributed by atoms with van der Waals surface area (Å²) in [5, 5.41) is 4.06. The van der Waals surface area contributed by atoms with Crippen molar-refractivity contribution in [2.45, 2.75) is 6.54 Å². The van der Waals surface area contributed by atoms with E-state index in [1.807, 2.05) is 0 Å². The SMILES string of the molecule is COc1ccc(C(=O)COC(=O)c2ccc(Cn3cccn3)o2)c(OC)c1. The van der Waals surface area contributed by atoms with Gasteiger partial charge in [-0.2, -0.15) is 5.10 Å². The Morgan fingerprint density at radius 1 is 1.15 bits per heavy atom. The number of aromatic nitrogens is 2. The Morgan fingerprint density at radius 3 is 2.70 bits per heavy atom. The highest BCUT2D eigenvalue weighted by atomic mass is 16.5. The minimum atomic E-state index is -0.720. The second-order valence-corrected chi connectivity index (χ2v) is 5.54. The highest BCUT2D eigenvalue weighted by Gasteiger charge is 2.18. The van der Waals surface area contributed by atoms with Crippen LogP contribution < -0.4 is 9.47 Å². The molecule has 0 unspecified atom stereocenters. The third kappa shape index (κ3) is 4.35. The maximum Gasteiger partial charge on any atom is 0.374 e. The van der Waals surface area contributed by atoms with E-state index >= 15 is 0 Å². The maximum atomic E-state index is 12.3. The number of furan rings is 1. The third-order valence-corrected chi connectivity index (χ3v) is 3.78. The largest absolute Gasteiger partial charge is 0.497 e. The van der Waals surface area contributed by atoms with E-state index in [-0.39, 0.29) is 5.76 Å². The Hall–Kier alpha value is -3.55. The van der Waals surface area contributed by atoms with Crippen LogP contribution in [0.1, 0.15) is 26.7 Å². The average Bonchev–Trinajstić information content (AvgIpc) is 3.37. The number of hydrogen-bond donors (Lipinski definition) is 0. The second kappa shape index (κ2) is 8.22. The lowest BCUT2D eigenvalue weighted by molar-refractivity contribution is 0.0441. The van der Waals surface area contributed by atoms with Crippen molar-refractivity contribution >= 4 is 11.8 Å². The average molecular weight is 370 g/mol. The highest BCUT2D eigenvalue weighted by Crippen LogP contribution is 2.25. The van der Waals surface area contributed by atoms with E-state index in [1.165, 1.54) is 20.3 Å². The van der Waals surface area contributed by atoms with Gasteiger partial charge in [-0.25, -0.2) is 4.79 Å². The van der Waals surface area contributed by atoms with Crippen molar-refractivity contribution in [2.24, 2.45) is 0 Å². The van der Waals surface area contributed by atoms with E-state index in [2.05, 4.69) is 5.10 Å². The number of carbonyl (C=O) groups excluding carboxylic acids is 2. The van der Waals surface area contributed by atoms with Gasteiger partial charge < -0.3 is 18.6 Å². The lowest BCUT2D eigenvalue weighted by Crippen LogP contribution is -2.14. The number of carbonyl (C=O) groups is 2. The Balaban J connectivity index is 1.60. The quantitative estimate of drug-likeness (QED) is 0.444. The fourth-order valence-electron chi connectivity index (χ4n) is 2.44. The molecule has 3 rings (SSSR count). The van der Waals surface area contributed by atoms with Gasteiger partial charge in [0.05, 0.1) is 26.3 Å². The van der Waals surface area contributed by atoms with Crippen molar-refractivity contribution in [3.8, 4) is 11.5 Å². The van der Waals surface area contributed by atoms with Gasteiger partial charge in [-0.3, -0.25) is 9.48 Å². The smallest absolute Gasteiger partial charge is 0.374 e. The summed E-state index contributed by atoms with van der Waals surface area (Å²) in [6.45, 7) is -0.0427. The number of esters is 1. The molecule has 0 atom stereocenters. The summed E-state index contributed by atoms with van der Waals surface area (Å²) < 4.78 is 22.4. The molecular formula is C19H18N2O6. The predicted octanol–water partition coefficient (Wildman–Crippen LogP) is 2.58. The molecule has 2 heterocycles. The molecule has 0 bridgehead atoms. The molecule has 1 aromatic carbocycles. The van der Waals surface area contributed by atoms with E-state index < -0.39 is 18.4 Å². The van der Waals surface area contributed by atoms with Crippen molar-refractivity contribution in [2.75, 3.05) is 20.8 Å². The Kier molecular flexibility index (Phi) is 5.55. The summed E-state index contributed by atoms with van der Waals surface area (Å²) in [5.74, 6) is 0.352. The Morgan fingerprint density at radius 2 is 2.00 bits per heavy atom. The minimum Gasteiger partial charge on any atom is -0.497 e. The van der Waals surface area contributed by atoms with Crippen LogP contribution in [-0.2, 0) is 11.3 Å². The summed E-state index contributed by atoms with van der Waals surface area (Å²) >= 11 is 0. The lowest BCUT2D eigenvalue weighted by Gasteiger charge is -2.09. The van der Waals surface area contributed by atoms with Crippen LogP contribution in [0.3, 0.4) is 0 Å². The molecule has 0 spiro atoms. The Labute approximate surface area is 155 Å². The first kappa shape index (κ1) is 18.2. The van der Waals surface area contributed by atoms with E-state index in [0.717, 1.165) is 0 Å². The fourth-order valence-corrected chi connectivity index (χ4v) is 2.44. The molecule has 0 saturated heterocycles. The van der Waals surface area contributed by atoms with Crippen molar-refractivity contribution in [1.29, 1.82) is 0 Å². The first-order chi connectivity index (χ1) is 13.1. The molecule has 8 heteroatoms. The number of benzene rings is 1. The van der Waals surface area contributed by atoms with Crippen LogP contribution in [0.2, 0.25) is 0 Å². The molecule has 0 amide bonds. The van der Waals surface area contributed by atoms with Gasteiger partial charge in [0.25, 0.3) is 0 Å². The summed E-state index contributed by atoms with van der Waals surface area (Å²) in [6.07, 6.45) is 3.43. The molecule has 0 N–H and O–H groups in total. The highest BCUT2D eigenvalue weighted by molar-refractivity contribution is 6.01. The van der Waals surface area contributed by atoms with E-state index in [1.54, 1.807) is 47.4 Å². The van der Waals surface area contributed by atoms with Gasteiger partial charge in [-0.05, 0) is 30.3 Å². The van der Waals surface area contributed by atoms with Crippen molar-refractivity contribution < 1.29 is 28.2 Å². The molecule has 3 aromatic rings. The second-order valence-electron chi connectivity index (χ2n) is 5.54. The first-order valence-corrected chi connectivity index (χ1v) is 8.09. The summed E-state index contributed by atoms with van der Waals surface area (Å²) in [5.41, 5.74) is 0.296. The number of ketones is 1. The van der Waals surface area contributed by atoms with E-state index in [9.17, 15) is 9.59 Å². The van der Waals surface area contributed by atoms with Crippen LogP contribution >= 0.6 is 0 Å². The lowest BCUT2D eigenvalue weighted by atomic mass is 10.1. The van der Waals surface area contributed by atoms with Crippen LogP contribution in [0, 0.1) is 0 Å². The molecule has 0 saturated carbocycles. The van der Waals surface area contributed by atoms with Crippen LogP contribution in [0.25, 0.3) is 0 Å². The zero-order valence-corrected chi connectivity index (χ0v) is 14.9. The van der Waals surface area contributed by atoms with E-state index in [0.29, 0.717) is 29.4 Å². The minimum absolute atomic E-state index is 0.0200. The molecule has 0 aliphatic rings. The predicted molar refractivity (Wildman–Crippen MR) is 94.2 cm³/mol. The molecular weight excluding hydrogens is 352 g/mol. The number of hydrogen-bond acceptors (Lipinski definition) is 7. The van der Waals surface area contributed by atoms with Gasteiger partial charge in [-0.1, -0.05) is 0 Å². The van der Waals surface area contributed by atoms with Gasteiger partial charge in [0.15, 0.2) is 6.61 Å². The fraction of sp³-hybridized carbons (Fsp3) is 0.211. The van der Waals surface area contributed by atoms with E-state index in [4.69, 9.17) is 18.6 Å². The summed E-state index contributed by atoms with van der Waals surface area (Å²) in [7, 11) is 2.96. The van der Waals surface area contributed by atoms with Gasteiger partial charge in [0.1, 0.15) is 17.3 Å². The molecule has 8 nitrogen and oxygen atoms in total. The van der Waals surface area contributed by atoms with Crippen LogP contribution in [0.15, 0.2) is 53.2 Å². The number of rotatable bonds is 8. The molecule has 27 heavy (non-hydrogen) atoms. The Bertz CT molecular complexity index is 930. The maximum absolute atomic E-state index is 12.3. The topological polar surface area (TPSA) is 92.8 Å². The van der Waals surface area contributed by atoms with Gasteiger partial charge in [-0.15, -0.1) is 0 Å². The van der Waals surface area contributed by atoms with Crippen LogP contribution in [0.4, 0.5) is 0 Å². The van der Waals surface area contributed by atoms with Gasteiger partial charge in [0.2, 0.25) is 11.5 Å². The summed E-state index contributed by atoms with van der Waals surface area (Å²) in [6, 6.07) is 9.72. The third-order valence-electron chi connectivity index (χ3n) is 3.78. The zero-order chi connectivity index (χ0) is 19.2. The van der Waals surface area contributed by atoms with Crippen molar-refractivity contribution in [3.05, 3.63) is 65.9 Å². The molecule has 2 aromatic heterocycles. The summed E-state index contributed by atoms with van der Waals surface area (Å²) in [4.78, 5) is 24.4. The normalized spacial score (nSPS) is 10.4. The van der Waals surface area contributed by atoms with Gasteiger partial charge >= 0.3 is 5.97 Å². The van der Waals surface area contributed by atoms with Crippen LogP contribution in [0.5, 0.6) is 11.5 Å². The molecule has 0 aliphatic heterocycles. The first-order valence-electron chi connectivity index (χ1n) is 8.09. The zero-order valence-electron chi connectivity index (χ0n) is 14.9. The van der Waals surface area contributed by atoms with Gasteiger partial charge in [0, 0.05) is 18.5 Å². The van der Waals surface area contributed by atoms with Crippen molar-refractivity contribution in [1.82, 2.24) is 9.78 Å².